The van der Waals surface area contributed by atoms with Gasteiger partial charge in [-0.05, 0) is 37.5 Å². The minimum atomic E-state index is -0.931. The van der Waals surface area contributed by atoms with Gasteiger partial charge < -0.3 is 19.8 Å². The zero-order valence-electron chi connectivity index (χ0n) is 10.8. The van der Waals surface area contributed by atoms with Crippen molar-refractivity contribution in [3.05, 3.63) is 23.8 Å². The summed E-state index contributed by atoms with van der Waals surface area (Å²) in [4.78, 5) is 20.8. The predicted octanol–water partition coefficient (Wildman–Crippen LogP) is 0.838. The van der Waals surface area contributed by atoms with Gasteiger partial charge in [0.15, 0.2) is 0 Å². The van der Waals surface area contributed by atoms with E-state index in [1.807, 2.05) is 19.1 Å². The van der Waals surface area contributed by atoms with Crippen LogP contribution in [0.3, 0.4) is 0 Å². The number of aliphatic carboxylic acids is 1. The number of nitrogens with zero attached hydrogens (tertiary/aromatic N) is 2. The van der Waals surface area contributed by atoms with E-state index in [-0.39, 0.29) is 5.92 Å². The predicted molar refractivity (Wildman–Crippen MR) is 70.8 cm³/mol. The third-order valence-electron chi connectivity index (χ3n) is 3.75. The molecule has 3 rings (SSSR count). The molecule has 0 bridgehead atoms. The number of carboxylic acids is 1. The van der Waals surface area contributed by atoms with Gasteiger partial charge in [-0.25, -0.2) is 4.98 Å². The third kappa shape index (κ3) is 2.28. The van der Waals surface area contributed by atoms with Crippen molar-refractivity contribution in [1.29, 1.82) is 0 Å². The molecule has 0 unspecified atom stereocenters. The molecule has 100 valence electrons. The maximum atomic E-state index is 10.8. The van der Waals surface area contributed by atoms with Crippen molar-refractivity contribution in [2.24, 2.45) is 5.92 Å². The molecule has 0 atom stereocenters. The Balaban J connectivity index is 1.80. The van der Waals surface area contributed by atoms with Crippen LogP contribution in [-0.4, -0.2) is 29.0 Å². The molecule has 1 aliphatic heterocycles. The van der Waals surface area contributed by atoms with Gasteiger partial charge in [0.1, 0.15) is 0 Å². The summed E-state index contributed by atoms with van der Waals surface area (Å²) in [6, 6.07) is 6.10. The minimum absolute atomic E-state index is 0.317. The van der Waals surface area contributed by atoms with Crippen LogP contribution >= 0.6 is 0 Å². The quantitative estimate of drug-likeness (QED) is 0.866. The lowest BCUT2D eigenvalue weighted by Gasteiger charge is -2.32. The molecule has 5 heteroatoms. The summed E-state index contributed by atoms with van der Waals surface area (Å²) >= 11 is 0. The molecule has 1 saturated heterocycles. The number of hydrogen-bond donors (Lipinski definition) is 1. The molecule has 0 radical (unpaired) electrons. The van der Waals surface area contributed by atoms with Gasteiger partial charge in [-0.1, -0.05) is 6.07 Å². The van der Waals surface area contributed by atoms with E-state index < -0.39 is 5.97 Å². The normalized spacial score (nSPS) is 17.0. The first-order valence-electron chi connectivity index (χ1n) is 6.55. The molecule has 2 heterocycles. The average Bonchev–Trinajstić information content (AvgIpc) is 2.81. The third-order valence-corrected chi connectivity index (χ3v) is 3.75. The van der Waals surface area contributed by atoms with E-state index in [9.17, 15) is 9.90 Å². The van der Waals surface area contributed by atoms with Crippen LogP contribution in [0, 0.1) is 12.8 Å². The molecule has 0 spiro atoms. The molecule has 19 heavy (non-hydrogen) atoms. The maximum absolute atomic E-state index is 10.8. The Morgan fingerprint density at radius 3 is 2.84 bits per heavy atom. The molecule has 0 saturated carbocycles. The number of H-pyrrole nitrogens is 1. The number of hydrogen-bond acceptors (Lipinski definition) is 4. The van der Waals surface area contributed by atoms with E-state index in [0.29, 0.717) is 25.9 Å². The highest BCUT2D eigenvalue weighted by molar-refractivity contribution is 5.78. The number of rotatable bonds is 2. The zero-order valence-corrected chi connectivity index (χ0v) is 10.8. The minimum Gasteiger partial charge on any atom is -0.550 e. The molecule has 5 nitrogen and oxygen atoms in total. The van der Waals surface area contributed by atoms with E-state index in [0.717, 1.165) is 17.0 Å². The lowest BCUT2D eigenvalue weighted by Crippen LogP contribution is -2.41. The van der Waals surface area contributed by atoms with Crippen molar-refractivity contribution in [3.63, 3.8) is 0 Å². The fraction of sp³-hybridized carbons (Fsp3) is 0.429. The van der Waals surface area contributed by atoms with Crippen LogP contribution in [0.25, 0.3) is 11.0 Å². The molecule has 1 fully saturated rings. The lowest BCUT2D eigenvalue weighted by atomic mass is 9.97. The summed E-state index contributed by atoms with van der Waals surface area (Å²) in [6.45, 7) is 3.46. The fourth-order valence-corrected chi connectivity index (χ4v) is 2.59. The van der Waals surface area contributed by atoms with Crippen LogP contribution in [0.1, 0.15) is 18.4 Å². The summed E-state index contributed by atoms with van der Waals surface area (Å²) in [5.41, 5.74) is 3.16. The Bertz CT molecular complexity index is 612. The first-order valence-corrected chi connectivity index (χ1v) is 6.55. The highest BCUT2D eigenvalue weighted by atomic mass is 16.4. The second kappa shape index (κ2) is 4.57. The van der Waals surface area contributed by atoms with Gasteiger partial charge in [0.2, 0.25) is 5.95 Å². The van der Waals surface area contributed by atoms with E-state index in [1.54, 1.807) is 0 Å². The zero-order chi connectivity index (χ0) is 13.4. The Kier molecular flexibility index (Phi) is 2.89. The fourth-order valence-electron chi connectivity index (χ4n) is 2.59. The number of imidazole rings is 1. The molecular formula is C14H16N3O2-. The number of nitrogens with one attached hydrogen (secondary N) is 1. The van der Waals surface area contributed by atoms with Crippen LogP contribution < -0.4 is 10.0 Å². The first-order chi connectivity index (χ1) is 9.13. The van der Waals surface area contributed by atoms with Crippen molar-refractivity contribution in [1.82, 2.24) is 9.97 Å². The molecule has 2 aromatic rings. The summed E-state index contributed by atoms with van der Waals surface area (Å²) in [6.07, 6.45) is 1.25. The topological polar surface area (TPSA) is 72.1 Å². The van der Waals surface area contributed by atoms with Gasteiger partial charge in [-0.15, -0.1) is 0 Å². The SMILES string of the molecule is Cc1ccc2nc(N3CCC(C(=O)[O-])CC3)[nH]c2c1. The molecule has 0 aliphatic carbocycles. The molecule has 1 aliphatic rings. The van der Waals surface area contributed by atoms with E-state index in [1.165, 1.54) is 5.56 Å². The van der Waals surface area contributed by atoms with Crippen LogP contribution in [-0.2, 0) is 4.79 Å². The number of aryl methyl sites for hydroxylation is 1. The molecule has 0 amide bonds. The van der Waals surface area contributed by atoms with Gasteiger partial charge in [-0.2, -0.15) is 0 Å². The van der Waals surface area contributed by atoms with Crippen molar-refractivity contribution in [3.8, 4) is 0 Å². The Labute approximate surface area is 111 Å². The summed E-state index contributed by atoms with van der Waals surface area (Å²) in [7, 11) is 0. The molecular weight excluding hydrogens is 242 g/mol. The number of carbonyl (C=O) groups is 1. The van der Waals surface area contributed by atoms with Crippen molar-refractivity contribution in [2.45, 2.75) is 19.8 Å². The second-order valence-corrected chi connectivity index (χ2v) is 5.16. The summed E-state index contributed by atoms with van der Waals surface area (Å²) in [5, 5.41) is 10.8. The monoisotopic (exact) mass is 258 g/mol. The van der Waals surface area contributed by atoms with Crippen LogP contribution in [0.5, 0.6) is 0 Å². The Morgan fingerprint density at radius 2 is 2.16 bits per heavy atom. The number of carbonyl (C=O) groups excluding carboxylic acids is 1. The lowest BCUT2D eigenvalue weighted by molar-refractivity contribution is -0.312. The molecule has 1 N–H and O–H groups in total. The Hall–Kier alpha value is -2.04. The van der Waals surface area contributed by atoms with Gasteiger partial charge in [0.25, 0.3) is 0 Å². The van der Waals surface area contributed by atoms with Crippen molar-refractivity contribution < 1.29 is 9.90 Å². The second-order valence-electron chi connectivity index (χ2n) is 5.16. The van der Waals surface area contributed by atoms with E-state index >= 15 is 0 Å². The molecule has 1 aromatic heterocycles. The average molecular weight is 258 g/mol. The van der Waals surface area contributed by atoms with Crippen molar-refractivity contribution in [2.75, 3.05) is 18.0 Å². The maximum Gasteiger partial charge on any atom is 0.203 e. The number of aromatic amines is 1. The smallest absolute Gasteiger partial charge is 0.203 e. The number of benzene rings is 1. The number of fused-ring (bicyclic) bond motifs is 1. The van der Waals surface area contributed by atoms with Gasteiger partial charge >= 0.3 is 0 Å². The number of piperidine rings is 1. The van der Waals surface area contributed by atoms with Crippen LogP contribution in [0.15, 0.2) is 18.2 Å². The first kappa shape index (κ1) is 12.0. The van der Waals surface area contributed by atoms with E-state index in [2.05, 4.69) is 20.9 Å². The number of carboxylic acid groups (broad SMARTS) is 1. The summed E-state index contributed by atoms with van der Waals surface area (Å²) < 4.78 is 0. The number of aromatic nitrogens is 2. The Morgan fingerprint density at radius 1 is 1.42 bits per heavy atom. The summed E-state index contributed by atoms with van der Waals surface area (Å²) in [5.74, 6) is -0.417. The standard InChI is InChI=1S/C14H17N3O2/c1-9-2-3-11-12(8-9)16-14(15-11)17-6-4-10(5-7-17)13(18)19/h2-3,8,10H,4-7H2,1H3,(H,15,16)(H,18,19)/p-1. The van der Waals surface area contributed by atoms with Gasteiger partial charge in [-0.3, -0.25) is 0 Å². The van der Waals surface area contributed by atoms with Crippen LogP contribution in [0.4, 0.5) is 5.95 Å². The highest BCUT2D eigenvalue weighted by Gasteiger charge is 2.21. The van der Waals surface area contributed by atoms with Gasteiger partial charge in [0, 0.05) is 25.0 Å². The number of anilines is 1. The molecule has 1 aromatic carbocycles. The van der Waals surface area contributed by atoms with Gasteiger partial charge in [0.05, 0.1) is 11.0 Å². The highest BCUT2D eigenvalue weighted by Crippen LogP contribution is 2.23. The largest absolute Gasteiger partial charge is 0.550 e. The van der Waals surface area contributed by atoms with Crippen LogP contribution in [0.2, 0.25) is 0 Å². The van der Waals surface area contributed by atoms with E-state index in [4.69, 9.17) is 0 Å². The van der Waals surface area contributed by atoms with Crippen molar-refractivity contribution >= 4 is 23.0 Å².